The van der Waals surface area contributed by atoms with Crippen molar-refractivity contribution in [2.45, 2.75) is 37.8 Å². The average Bonchev–Trinajstić information content (AvgIpc) is 2.44. The molecular formula is C16H16F3NO. The molecule has 0 spiro atoms. The Hall–Kier alpha value is -1.78. The fourth-order valence-electron chi connectivity index (χ4n) is 3.65. The highest BCUT2D eigenvalue weighted by Crippen LogP contribution is 2.47. The second kappa shape index (κ2) is 4.90. The number of carbonyl (C=O) groups is 1. The molecule has 3 rings (SSSR count). The van der Waals surface area contributed by atoms with Gasteiger partial charge < -0.3 is 5.73 Å². The van der Waals surface area contributed by atoms with Gasteiger partial charge in [-0.1, -0.05) is 31.1 Å². The van der Waals surface area contributed by atoms with E-state index in [1.165, 1.54) is 12.1 Å². The quantitative estimate of drug-likeness (QED) is 0.832. The van der Waals surface area contributed by atoms with Gasteiger partial charge in [0, 0.05) is 0 Å². The third-order valence-electron chi connectivity index (χ3n) is 4.56. The smallest absolute Gasteiger partial charge is 0.366 e. The number of halogens is 3. The molecule has 1 aromatic rings. The molecule has 0 aliphatic heterocycles. The Kier molecular flexibility index (Phi) is 3.30. The molecule has 2 aliphatic rings. The topological polar surface area (TPSA) is 43.1 Å². The van der Waals surface area contributed by atoms with Gasteiger partial charge in [0.2, 0.25) is 5.91 Å². The van der Waals surface area contributed by atoms with Crippen molar-refractivity contribution in [3.8, 4) is 0 Å². The maximum atomic E-state index is 13.4. The fraction of sp³-hybridized carbons (Fsp3) is 0.438. The number of primary amides is 1. The first-order valence-corrected chi connectivity index (χ1v) is 7.11. The van der Waals surface area contributed by atoms with Crippen LogP contribution in [0.1, 0.15) is 58.6 Å². The zero-order valence-electron chi connectivity index (χ0n) is 11.4. The zero-order valence-corrected chi connectivity index (χ0v) is 11.4. The van der Waals surface area contributed by atoms with Gasteiger partial charge in [0.1, 0.15) is 0 Å². The summed E-state index contributed by atoms with van der Waals surface area (Å²) in [5.74, 6) is -0.599. The summed E-state index contributed by atoms with van der Waals surface area (Å²) < 4.78 is 40.1. The molecule has 2 N–H and O–H groups in total. The summed E-state index contributed by atoms with van der Waals surface area (Å²) in [6.45, 7) is 0. The normalized spacial score (nSPS) is 24.3. The Morgan fingerprint density at radius 2 is 1.90 bits per heavy atom. The Labute approximate surface area is 120 Å². The van der Waals surface area contributed by atoms with E-state index in [2.05, 4.69) is 0 Å². The largest absolute Gasteiger partial charge is 0.417 e. The minimum atomic E-state index is -4.58. The Morgan fingerprint density at radius 3 is 2.57 bits per heavy atom. The van der Waals surface area contributed by atoms with Crippen LogP contribution in [-0.2, 0) is 6.18 Å². The summed E-state index contributed by atoms with van der Waals surface area (Å²) in [5, 5.41) is 0. The minimum absolute atomic E-state index is 0.127. The van der Waals surface area contributed by atoms with Crippen LogP contribution in [0.4, 0.5) is 13.2 Å². The third-order valence-corrected chi connectivity index (χ3v) is 4.56. The van der Waals surface area contributed by atoms with Gasteiger partial charge in [0.05, 0.1) is 11.1 Å². The lowest BCUT2D eigenvalue weighted by Gasteiger charge is -2.35. The summed E-state index contributed by atoms with van der Waals surface area (Å²) in [6, 6.07) is 2.88. The lowest BCUT2D eigenvalue weighted by Crippen LogP contribution is -2.25. The summed E-state index contributed by atoms with van der Waals surface area (Å²) >= 11 is 0. The molecule has 1 amide bonds. The molecule has 2 unspecified atom stereocenters. The highest BCUT2D eigenvalue weighted by Gasteiger charge is 2.40. The van der Waals surface area contributed by atoms with Crippen molar-refractivity contribution < 1.29 is 18.0 Å². The zero-order chi connectivity index (χ0) is 15.2. The van der Waals surface area contributed by atoms with E-state index >= 15 is 0 Å². The van der Waals surface area contributed by atoms with Gasteiger partial charge in [-0.3, -0.25) is 4.79 Å². The van der Waals surface area contributed by atoms with Crippen molar-refractivity contribution in [2.75, 3.05) is 0 Å². The fourth-order valence-corrected chi connectivity index (χ4v) is 3.65. The molecule has 2 nitrogen and oxygen atoms in total. The number of hydrogen-bond acceptors (Lipinski definition) is 1. The Bertz CT molecular complexity index is 619. The van der Waals surface area contributed by atoms with Crippen molar-refractivity contribution in [1.82, 2.24) is 0 Å². The summed E-state index contributed by atoms with van der Waals surface area (Å²) in [7, 11) is 0. The number of amides is 1. The van der Waals surface area contributed by atoms with Crippen LogP contribution in [-0.4, -0.2) is 5.91 Å². The second-order valence-electron chi connectivity index (χ2n) is 5.77. The number of benzene rings is 1. The Balaban J connectivity index is 2.21. The monoisotopic (exact) mass is 295 g/mol. The van der Waals surface area contributed by atoms with Gasteiger partial charge in [0.25, 0.3) is 0 Å². The van der Waals surface area contributed by atoms with E-state index in [0.29, 0.717) is 11.5 Å². The van der Waals surface area contributed by atoms with Crippen molar-refractivity contribution in [1.29, 1.82) is 0 Å². The maximum absolute atomic E-state index is 13.4. The van der Waals surface area contributed by atoms with Crippen LogP contribution in [0.5, 0.6) is 0 Å². The SMILES string of the molecule is NC(=O)c1ccc2c(c1C(F)(F)F)C=CC1CCCCC21. The van der Waals surface area contributed by atoms with Crippen LogP contribution in [0.25, 0.3) is 6.08 Å². The molecule has 0 bridgehead atoms. The van der Waals surface area contributed by atoms with E-state index in [4.69, 9.17) is 5.73 Å². The summed E-state index contributed by atoms with van der Waals surface area (Å²) in [5.41, 5.74) is 4.62. The Morgan fingerprint density at radius 1 is 1.19 bits per heavy atom. The molecule has 0 heterocycles. The van der Waals surface area contributed by atoms with Crippen molar-refractivity contribution in [3.63, 3.8) is 0 Å². The molecule has 0 radical (unpaired) electrons. The van der Waals surface area contributed by atoms with Gasteiger partial charge in [-0.2, -0.15) is 13.2 Å². The maximum Gasteiger partial charge on any atom is 0.417 e. The molecular weight excluding hydrogens is 279 g/mol. The average molecular weight is 295 g/mol. The predicted octanol–water partition coefficient (Wildman–Crippen LogP) is 4.10. The molecule has 2 aliphatic carbocycles. The molecule has 0 saturated heterocycles. The lowest BCUT2D eigenvalue weighted by molar-refractivity contribution is -0.138. The van der Waals surface area contributed by atoms with Crippen LogP contribution < -0.4 is 5.73 Å². The number of rotatable bonds is 1. The number of alkyl halides is 3. The van der Waals surface area contributed by atoms with Crippen LogP contribution in [0.15, 0.2) is 18.2 Å². The van der Waals surface area contributed by atoms with Crippen LogP contribution in [0, 0.1) is 5.92 Å². The van der Waals surface area contributed by atoms with Crippen LogP contribution in [0.2, 0.25) is 0 Å². The van der Waals surface area contributed by atoms with Gasteiger partial charge in [0.15, 0.2) is 0 Å². The van der Waals surface area contributed by atoms with E-state index in [1.54, 1.807) is 6.07 Å². The highest BCUT2D eigenvalue weighted by molar-refractivity contribution is 5.96. The predicted molar refractivity (Wildman–Crippen MR) is 73.7 cm³/mol. The molecule has 21 heavy (non-hydrogen) atoms. The lowest BCUT2D eigenvalue weighted by atomic mass is 9.70. The van der Waals surface area contributed by atoms with Gasteiger partial charge in [-0.25, -0.2) is 0 Å². The van der Waals surface area contributed by atoms with Gasteiger partial charge >= 0.3 is 6.18 Å². The molecule has 5 heteroatoms. The summed E-state index contributed by atoms with van der Waals surface area (Å²) in [6.07, 6.45) is 2.87. The first kappa shape index (κ1) is 14.2. The van der Waals surface area contributed by atoms with Crippen molar-refractivity contribution in [2.24, 2.45) is 11.7 Å². The second-order valence-corrected chi connectivity index (χ2v) is 5.77. The van der Waals surface area contributed by atoms with Crippen molar-refractivity contribution >= 4 is 12.0 Å². The van der Waals surface area contributed by atoms with E-state index in [0.717, 1.165) is 25.7 Å². The number of fused-ring (bicyclic) bond motifs is 3. The summed E-state index contributed by atoms with van der Waals surface area (Å²) in [4.78, 5) is 11.3. The number of carbonyl (C=O) groups excluding carboxylic acids is 1. The molecule has 1 aromatic carbocycles. The van der Waals surface area contributed by atoms with E-state index < -0.39 is 23.2 Å². The number of hydrogen-bond donors (Lipinski definition) is 1. The molecule has 2 atom stereocenters. The third kappa shape index (κ3) is 2.34. The standard InChI is InChI=1S/C16H16F3NO/c17-16(18,19)14-12-6-5-9-3-1-2-4-10(9)11(12)7-8-13(14)15(20)21/h5-10H,1-4H2,(H2,20,21). The van der Waals surface area contributed by atoms with Gasteiger partial charge in [-0.05, 0) is 41.9 Å². The van der Waals surface area contributed by atoms with E-state index in [1.807, 2.05) is 6.08 Å². The first-order valence-electron chi connectivity index (χ1n) is 7.11. The van der Waals surface area contributed by atoms with Crippen molar-refractivity contribution in [3.05, 3.63) is 40.5 Å². The highest BCUT2D eigenvalue weighted by atomic mass is 19.4. The van der Waals surface area contributed by atoms with Crippen LogP contribution in [0.3, 0.4) is 0 Å². The molecule has 1 saturated carbocycles. The van der Waals surface area contributed by atoms with Crippen LogP contribution >= 0.6 is 0 Å². The van der Waals surface area contributed by atoms with E-state index in [-0.39, 0.29) is 11.5 Å². The molecule has 0 aromatic heterocycles. The number of nitrogens with two attached hydrogens (primary N) is 1. The first-order chi connectivity index (χ1) is 9.89. The van der Waals surface area contributed by atoms with E-state index in [9.17, 15) is 18.0 Å². The van der Waals surface area contributed by atoms with Gasteiger partial charge in [-0.15, -0.1) is 0 Å². The minimum Gasteiger partial charge on any atom is -0.366 e. The number of allylic oxidation sites excluding steroid dienone is 1. The molecule has 1 fully saturated rings. The molecule has 112 valence electrons.